The van der Waals surface area contributed by atoms with Crippen LogP contribution in [0.4, 0.5) is 5.69 Å². The lowest BCUT2D eigenvalue weighted by molar-refractivity contribution is 0.186. The molecule has 0 saturated carbocycles. The second-order valence-electron chi connectivity index (χ2n) is 7.67. The van der Waals surface area contributed by atoms with Crippen molar-refractivity contribution in [2.24, 2.45) is 0 Å². The van der Waals surface area contributed by atoms with Crippen LogP contribution >= 0.6 is 0 Å². The number of benzene rings is 2. The zero-order valence-corrected chi connectivity index (χ0v) is 16.7. The molecule has 0 amide bonds. The van der Waals surface area contributed by atoms with Crippen LogP contribution in [0, 0.1) is 13.8 Å². The summed E-state index contributed by atoms with van der Waals surface area (Å²) in [5, 5.41) is 8.81. The first-order chi connectivity index (χ1) is 13.5. The molecule has 0 radical (unpaired) electrons. The van der Waals surface area contributed by atoms with Gasteiger partial charge in [0.2, 0.25) is 0 Å². The largest absolute Gasteiger partial charge is 0.383 e. The third-order valence-corrected chi connectivity index (χ3v) is 5.87. The summed E-state index contributed by atoms with van der Waals surface area (Å²) in [5.74, 6) is 0. The molecule has 4 rings (SSSR count). The zero-order valence-electron chi connectivity index (χ0n) is 16.7. The summed E-state index contributed by atoms with van der Waals surface area (Å²) in [4.78, 5) is 12.9. The van der Waals surface area contributed by atoms with Crippen molar-refractivity contribution in [1.82, 2.24) is 9.88 Å². The molecule has 3 aromatic rings. The molecule has 0 aliphatic carbocycles. The number of rotatable bonds is 6. The molecule has 28 heavy (non-hydrogen) atoms. The highest BCUT2D eigenvalue weighted by atomic mass is 16.5. The number of methoxy groups -OCH3 is 1. The maximum Gasteiger partial charge on any atom is 0.258 e. The number of anilines is 1. The Morgan fingerprint density at radius 1 is 1.18 bits per heavy atom. The fraction of sp³-hybridized carbons (Fsp3) is 0.348. The lowest BCUT2D eigenvalue weighted by Crippen LogP contribution is -2.61. The summed E-state index contributed by atoms with van der Waals surface area (Å²) in [5.41, 5.74) is 4.77. The highest BCUT2D eigenvalue weighted by Gasteiger charge is 2.39. The lowest BCUT2D eigenvalue weighted by Gasteiger charge is -2.45. The van der Waals surface area contributed by atoms with Crippen LogP contribution in [-0.2, 0) is 16.8 Å². The van der Waals surface area contributed by atoms with E-state index in [1.54, 1.807) is 11.7 Å². The molecule has 1 saturated heterocycles. The Balaban J connectivity index is 1.71. The average Bonchev–Trinajstić information content (AvgIpc) is 2.67. The van der Waals surface area contributed by atoms with Gasteiger partial charge in [0.15, 0.2) is 0 Å². The predicted octanol–water partition coefficient (Wildman–Crippen LogP) is 3.18. The van der Waals surface area contributed by atoms with E-state index >= 15 is 0 Å². The second-order valence-corrected chi connectivity index (χ2v) is 7.67. The first-order valence-electron chi connectivity index (χ1n) is 9.72. The normalized spacial score (nSPS) is 15.4. The Bertz CT molecular complexity index is 1070. The van der Waals surface area contributed by atoms with E-state index in [0.717, 1.165) is 29.5 Å². The van der Waals surface area contributed by atoms with Crippen LogP contribution in [0.3, 0.4) is 0 Å². The third-order valence-electron chi connectivity index (χ3n) is 5.87. The van der Waals surface area contributed by atoms with Crippen LogP contribution in [0.5, 0.6) is 0 Å². The lowest BCUT2D eigenvalue weighted by atomic mass is 9.80. The molecule has 0 bridgehead atoms. The standard InChI is InChI=1S/C23H27N3O2/c1-16-5-4-6-21(17(16)2)23(14-24-15-23)25-19-8-7-18-9-10-26(11-12-28-3)22(27)20(18)13-19/h4-10,13,24-25H,11-12,14-15H2,1-3H3. The Morgan fingerprint density at radius 2 is 2.00 bits per heavy atom. The van der Waals surface area contributed by atoms with Crippen molar-refractivity contribution < 1.29 is 4.74 Å². The number of ether oxygens (including phenoxy) is 1. The van der Waals surface area contributed by atoms with Gasteiger partial charge in [-0.15, -0.1) is 0 Å². The van der Waals surface area contributed by atoms with E-state index in [2.05, 4.69) is 48.7 Å². The predicted molar refractivity (Wildman–Crippen MR) is 114 cm³/mol. The van der Waals surface area contributed by atoms with Gasteiger partial charge in [0.05, 0.1) is 12.1 Å². The van der Waals surface area contributed by atoms with Crippen LogP contribution in [0.2, 0.25) is 0 Å². The van der Waals surface area contributed by atoms with Gasteiger partial charge in [0.1, 0.15) is 0 Å². The van der Waals surface area contributed by atoms with E-state index < -0.39 is 0 Å². The van der Waals surface area contributed by atoms with Gasteiger partial charge in [0.25, 0.3) is 5.56 Å². The van der Waals surface area contributed by atoms with Gasteiger partial charge in [0, 0.05) is 44.0 Å². The number of pyridine rings is 1. The smallest absolute Gasteiger partial charge is 0.258 e. The van der Waals surface area contributed by atoms with E-state index in [4.69, 9.17) is 4.74 Å². The van der Waals surface area contributed by atoms with E-state index in [1.165, 1.54) is 16.7 Å². The molecule has 0 unspecified atom stereocenters. The summed E-state index contributed by atoms with van der Waals surface area (Å²) in [7, 11) is 1.65. The van der Waals surface area contributed by atoms with Crippen molar-refractivity contribution in [2.45, 2.75) is 25.9 Å². The Hall–Kier alpha value is -2.63. The number of nitrogens with zero attached hydrogens (tertiary/aromatic N) is 1. The molecule has 1 aromatic heterocycles. The number of nitrogens with one attached hydrogen (secondary N) is 2. The van der Waals surface area contributed by atoms with Crippen molar-refractivity contribution in [3.8, 4) is 0 Å². The van der Waals surface area contributed by atoms with E-state index in [9.17, 15) is 4.79 Å². The van der Waals surface area contributed by atoms with Crippen molar-refractivity contribution in [3.63, 3.8) is 0 Å². The minimum atomic E-state index is -0.145. The average molecular weight is 377 g/mol. The quantitative estimate of drug-likeness (QED) is 0.693. The highest BCUT2D eigenvalue weighted by molar-refractivity contribution is 5.85. The van der Waals surface area contributed by atoms with Crippen molar-refractivity contribution in [2.75, 3.05) is 32.1 Å². The van der Waals surface area contributed by atoms with Crippen LogP contribution in [0.1, 0.15) is 16.7 Å². The fourth-order valence-electron chi connectivity index (χ4n) is 3.99. The highest BCUT2D eigenvalue weighted by Crippen LogP contribution is 2.34. The molecular formula is C23H27N3O2. The summed E-state index contributed by atoms with van der Waals surface area (Å²) >= 11 is 0. The number of aryl methyl sites for hydroxylation is 1. The van der Waals surface area contributed by atoms with Crippen molar-refractivity contribution in [3.05, 3.63) is 75.7 Å². The van der Waals surface area contributed by atoms with Crippen LogP contribution in [0.25, 0.3) is 10.8 Å². The minimum absolute atomic E-state index is 0.0192. The number of aromatic nitrogens is 1. The Labute approximate surface area is 165 Å². The van der Waals surface area contributed by atoms with E-state index in [-0.39, 0.29) is 11.1 Å². The van der Waals surface area contributed by atoms with Crippen LogP contribution < -0.4 is 16.2 Å². The van der Waals surface area contributed by atoms with Gasteiger partial charge in [-0.2, -0.15) is 0 Å². The van der Waals surface area contributed by atoms with Gasteiger partial charge in [-0.3, -0.25) is 4.79 Å². The van der Waals surface area contributed by atoms with E-state index in [0.29, 0.717) is 13.2 Å². The molecule has 2 aromatic carbocycles. The van der Waals surface area contributed by atoms with Gasteiger partial charge in [-0.25, -0.2) is 0 Å². The topological polar surface area (TPSA) is 55.3 Å². The van der Waals surface area contributed by atoms with Crippen molar-refractivity contribution in [1.29, 1.82) is 0 Å². The molecule has 5 heteroatoms. The monoisotopic (exact) mass is 377 g/mol. The van der Waals surface area contributed by atoms with Gasteiger partial charge >= 0.3 is 0 Å². The molecule has 1 aliphatic heterocycles. The number of fused-ring (bicyclic) bond motifs is 1. The Kier molecular flexibility index (Phi) is 4.96. The fourth-order valence-corrected chi connectivity index (χ4v) is 3.99. The maximum absolute atomic E-state index is 12.9. The SMILES string of the molecule is COCCn1ccc2ccc(NC3(c4cccc(C)c4C)CNC3)cc2c1=O. The zero-order chi connectivity index (χ0) is 19.7. The van der Waals surface area contributed by atoms with Gasteiger partial charge in [-0.1, -0.05) is 24.3 Å². The van der Waals surface area contributed by atoms with Crippen LogP contribution in [0.15, 0.2) is 53.5 Å². The molecule has 0 spiro atoms. The summed E-state index contributed by atoms with van der Waals surface area (Å²) < 4.78 is 6.82. The molecule has 5 nitrogen and oxygen atoms in total. The first-order valence-corrected chi connectivity index (χ1v) is 9.72. The number of hydrogen-bond acceptors (Lipinski definition) is 4. The van der Waals surface area contributed by atoms with Gasteiger partial charge in [-0.05, 0) is 54.1 Å². The molecular weight excluding hydrogens is 350 g/mol. The minimum Gasteiger partial charge on any atom is -0.383 e. The summed E-state index contributed by atoms with van der Waals surface area (Å²) in [6.07, 6.45) is 1.84. The summed E-state index contributed by atoms with van der Waals surface area (Å²) in [6.45, 7) is 7.13. The molecule has 0 atom stereocenters. The van der Waals surface area contributed by atoms with E-state index in [1.807, 2.05) is 24.4 Å². The van der Waals surface area contributed by atoms with Gasteiger partial charge < -0.3 is 19.9 Å². The Morgan fingerprint density at radius 3 is 2.71 bits per heavy atom. The summed E-state index contributed by atoms with van der Waals surface area (Å²) in [6, 6.07) is 14.5. The second kappa shape index (κ2) is 7.41. The van der Waals surface area contributed by atoms with Crippen molar-refractivity contribution >= 4 is 16.5 Å². The molecule has 2 heterocycles. The van der Waals surface area contributed by atoms with Crippen LogP contribution in [-0.4, -0.2) is 31.4 Å². The number of hydrogen-bond donors (Lipinski definition) is 2. The molecule has 1 fully saturated rings. The molecule has 2 N–H and O–H groups in total. The molecule has 146 valence electrons. The third kappa shape index (κ3) is 3.21. The first kappa shape index (κ1) is 18.7. The maximum atomic E-state index is 12.9. The molecule has 1 aliphatic rings.